The van der Waals surface area contributed by atoms with E-state index >= 15 is 0 Å². The third kappa shape index (κ3) is 2.34. The second-order valence-electron chi connectivity index (χ2n) is 3.02. The average molecular weight is 227 g/mol. The first-order chi connectivity index (χ1) is 7.02. The zero-order chi connectivity index (χ0) is 11.5. The van der Waals surface area contributed by atoms with Crippen molar-refractivity contribution in [2.75, 3.05) is 0 Å². The molecule has 0 aromatic heterocycles. The quantitative estimate of drug-likeness (QED) is 0.741. The van der Waals surface area contributed by atoms with Crippen molar-refractivity contribution < 1.29 is 12.8 Å². The molecule has 0 heterocycles. The fourth-order valence-corrected chi connectivity index (χ4v) is 2.59. The number of halogens is 1. The van der Waals surface area contributed by atoms with Gasteiger partial charge in [-0.1, -0.05) is 6.92 Å². The molecule has 0 saturated heterocycles. The van der Waals surface area contributed by atoms with Crippen molar-refractivity contribution in [3.63, 3.8) is 0 Å². The van der Waals surface area contributed by atoms with Crippen LogP contribution < -0.4 is 0 Å². The van der Waals surface area contributed by atoms with E-state index in [2.05, 4.69) is 0 Å². The van der Waals surface area contributed by atoms with E-state index < -0.39 is 20.9 Å². The molecule has 3 nitrogen and oxygen atoms in total. The number of nitriles is 1. The third-order valence-electron chi connectivity index (χ3n) is 2.03. The molecule has 1 atom stereocenters. The Morgan fingerprint density at radius 3 is 2.33 bits per heavy atom. The molecule has 0 amide bonds. The second-order valence-corrected chi connectivity index (χ2v) is 5.16. The first-order valence-electron chi connectivity index (χ1n) is 4.41. The highest BCUT2D eigenvalue weighted by atomic mass is 32.2. The predicted octanol–water partition coefficient (Wildman–Crippen LogP) is 1.90. The van der Waals surface area contributed by atoms with Crippen LogP contribution in [0, 0.1) is 17.1 Å². The molecule has 0 N–H and O–H groups in total. The molecule has 1 aromatic rings. The van der Waals surface area contributed by atoms with E-state index in [0.717, 1.165) is 12.1 Å². The van der Waals surface area contributed by atoms with Crippen molar-refractivity contribution >= 4 is 9.84 Å². The standard InChI is InChI=1S/C10H10FNO2S/c1-2-9(7-12)15(13,14)10-5-3-8(11)4-6-10/h3-6,9H,2H2,1H3. The zero-order valence-corrected chi connectivity index (χ0v) is 8.96. The Balaban J connectivity index is 3.18. The first kappa shape index (κ1) is 11.7. The van der Waals surface area contributed by atoms with E-state index in [1.807, 2.05) is 0 Å². The summed E-state index contributed by atoms with van der Waals surface area (Å²) in [4.78, 5) is -0.0164. The van der Waals surface area contributed by atoms with Crippen molar-refractivity contribution in [1.29, 1.82) is 5.26 Å². The van der Waals surface area contributed by atoms with E-state index in [9.17, 15) is 12.8 Å². The topological polar surface area (TPSA) is 57.9 Å². The number of benzene rings is 1. The molecule has 0 spiro atoms. The lowest BCUT2D eigenvalue weighted by molar-refractivity contribution is 0.586. The van der Waals surface area contributed by atoms with Gasteiger partial charge >= 0.3 is 0 Å². The number of sulfone groups is 1. The molecule has 15 heavy (non-hydrogen) atoms. The van der Waals surface area contributed by atoms with Crippen LogP contribution in [-0.4, -0.2) is 13.7 Å². The Labute approximate surface area is 88.1 Å². The summed E-state index contributed by atoms with van der Waals surface area (Å²) < 4.78 is 36.1. The van der Waals surface area contributed by atoms with Crippen molar-refractivity contribution in [3.8, 4) is 6.07 Å². The van der Waals surface area contributed by atoms with E-state index in [1.165, 1.54) is 12.1 Å². The molecule has 5 heteroatoms. The van der Waals surface area contributed by atoms with Gasteiger partial charge < -0.3 is 0 Å². The van der Waals surface area contributed by atoms with Gasteiger partial charge in [0, 0.05) is 0 Å². The fraction of sp³-hybridized carbons (Fsp3) is 0.300. The average Bonchev–Trinajstić information content (AvgIpc) is 2.19. The first-order valence-corrected chi connectivity index (χ1v) is 5.96. The Bertz CT molecular complexity index is 473. The monoisotopic (exact) mass is 227 g/mol. The smallest absolute Gasteiger partial charge is 0.194 e. The van der Waals surface area contributed by atoms with E-state index in [4.69, 9.17) is 5.26 Å². The van der Waals surface area contributed by atoms with Gasteiger partial charge in [-0.15, -0.1) is 0 Å². The molecule has 80 valence electrons. The molecule has 0 bridgehead atoms. The van der Waals surface area contributed by atoms with Crippen LogP contribution in [0.3, 0.4) is 0 Å². The summed E-state index contributed by atoms with van der Waals surface area (Å²) in [6.07, 6.45) is 0.218. The van der Waals surface area contributed by atoms with Gasteiger partial charge in [0.15, 0.2) is 15.1 Å². The van der Waals surface area contributed by atoms with E-state index in [0.29, 0.717) is 0 Å². The summed E-state index contributed by atoms with van der Waals surface area (Å²) in [6, 6.07) is 6.20. The number of hydrogen-bond acceptors (Lipinski definition) is 3. The maximum absolute atomic E-state index is 12.6. The highest BCUT2D eigenvalue weighted by Gasteiger charge is 2.25. The van der Waals surface area contributed by atoms with Gasteiger partial charge in [-0.25, -0.2) is 12.8 Å². The minimum atomic E-state index is -3.65. The van der Waals surface area contributed by atoms with Gasteiger partial charge in [-0.2, -0.15) is 5.26 Å². The summed E-state index contributed by atoms with van der Waals surface area (Å²) in [7, 11) is -3.65. The molecule has 0 saturated carbocycles. The van der Waals surface area contributed by atoms with Crippen molar-refractivity contribution in [1.82, 2.24) is 0 Å². The van der Waals surface area contributed by atoms with Crippen LogP contribution >= 0.6 is 0 Å². The van der Waals surface area contributed by atoms with Crippen molar-refractivity contribution in [3.05, 3.63) is 30.1 Å². The predicted molar refractivity (Wildman–Crippen MR) is 53.3 cm³/mol. The van der Waals surface area contributed by atoms with Crippen LogP contribution in [0.1, 0.15) is 13.3 Å². The largest absolute Gasteiger partial charge is 0.222 e. The molecule has 0 radical (unpaired) electrons. The van der Waals surface area contributed by atoms with Crippen LogP contribution in [0.5, 0.6) is 0 Å². The summed E-state index contributed by atoms with van der Waals surface area (Å²) in [5.74, 6) is -0.501. The van der Waals surface area contributed by atoms with Crippen LogP contribution in [0.25, 0.3) is 0 Å². The lowest BCUT2D eigenvalue weighted by atomic mass is 10.3. The summed E-state index contributed by atoms with van der Waals surface area (Å²) in [5, 5.41) is 7.61. The van der Waals surface area contributed by atoms with Crippen LogP contribution in [0.15, 0.2) is 29.2 Å². The lowest BCUT2D eigenvalue weighted by Crippen LogP contribution is -2.18. The summed E-state index contributed by atoms with van der Waals surface area (Å²) >= 11 is 0. The van der Waals surface area contributed by atoms with Crippen molar-refractivity contribution in [2.24, 2.45) is 0 Å². The molecule has 0 aliphatic carbocycles. The summed E-state index contributed by atoms with van der Waals surface area (Å²) in [6.45, 7) is 1.62. The maximum atomic E-state index is 12.6. The highest BCUT2D eigenvalue weighted by Crippen LogP contribution is 2.18. The Morgan fingerprint density at radius 2 is 1.93 bits per heavy atom. The Morgan fingerprint density at radius 1 is 1.40 bits per heavy atom. The highest BCUT2D eigenvalue weighted by molar-refractivity contribution is 7.92. The SMILES string of the molecule is CCC(C#N)S(=O)(=O)c1ccc(F)cc1. The van der Waals surface area contributed by atoms with Gasteiger partial charge in [0.2, 0.25) is 0 Å². The molecule has 0 aliphatic heterocycles. The number of hydrogen-bond donors (Lipinski definition) is 0. The van der Waals surface area contributed by atoms with Gasteiger partial charge in [0.05, 0.1) is 11.0 Å². The van der Waals surface area contributed by atoms with E-state index in [-0.39, 0.29) is 11.3 Å². The van der Waals surface area contributed by atoms with Gasteiger partial charge in [-0.05, 0) is 30.7 Å². The minimum Gasteiger partial charge on any atom is -0.222 e. The van der Waals surface area contributed by atoms with Crippen LogP contribution in [0.4, 0.5) is 4.39 Å². The summed E-state index contributed by atoms with van der Waals surface area (Å²) in [5.41, 5.74) is 0. The third-order valence-corrected chi connectivity index (χ3v) is 4.15. The molecule has 0 aliphatic rings. The molecule has 1 aromatic carbocycles. The van der Waals surface area contributed by atoms with Gasteiger partial charge in [0.1, 0.15) is 5.82 Å². The number of rotatable bonds is 3. The van der Waals surface area contributed by atoms with Crippen molar-refractivity contribution in [2.45, 2.75) is 23.5 Å². The van der Waals surface area contributed by atoms with Crippen LogP contribution in [0.2, 0.25) is 0 Å². The Kier molecular flexibility index (Phi) is 3.43. The molecular formula is C10H10FNO2S. The number of nitrogens with zero attached hydrogens (tertiary/aromatic N) is 1. The normalized spacial score (nSPS) is 13.1. The lowest BCUT2D eigenvalue weighted by Gasteiger charge is -2.07. The Hall–Kier alpha value is -1.41. The molecule has 0 fully saturated rings. The molecule has 1 unspecified atom stereocenters. The minimum absolute atomic E-state index is 0.0164. The maximum Gasteiger partial charge on any atom is 0.194 e. The van der Waals surface area contributed by atoms with E-state index in [1.54, 1.807) is 13.0 Å². The molecule has 1 rings (SSSR count). The second kappa shape index (κ2) is 4.41. The molecular weight excluding hydrogens is 217 g/mol. The van der Waals surface area contributed by atoms with Crippen LogP contribution in [-0.2, 0) is 9.84 Å². The van der Waals surface area contributed by atoms with Gasteiger partial charge in [-0.3, -0.25) is 0 Å². The zero-order valence-electron chi connectivity index (χ0n) is 8.14. The van der Waals surface area contributed by atoms with Gasteiger partial charge in [0.25, 0.3) is 0 Å². The fourth-order valence-electron chi connectivity index (χ4n) is 1.17.